The third-order valence-corrected chi connectivity index (χ3v) is 4.82. The Kier molecular flexibility index (Phi) is 6.67. The highest BCUT2D eigenvalue weighted by Gasteiger charge is 2.27. The van der Waals surface area contributed by atoms with Gasteiger partial charge in [0.25, 0.3) is 0 Å². The van der Waals surface area contributed by atoms with E-state index in [-0.39, 0.29) is 11.4 Å². The van der Waals surface area contributed by atoms with Crippen LogP contribution in [0.4, 0.5) is 0 Å². The zero-order valence-corrected chi connectivity index (χ0v) is 14.0. The van der Waals surface area contributed by atoms with Crippen LogP contribution in [0.1, 0.15) is 53.4 Å². The van der Waals surface area contributed by atoms with Crippen molar-refractivity contribution < 1.29 is 4.79 Å². The molecular formula is C15H30N2OS. The summed E-state index contributed by atoms with van der Waals surface area (Å²) in [6.07, 6.45) is 4.52. The van der Waals surface area contributed by atoms with Crippen LogP contribution in [0.3, 0.4) is 0 Å². The van der Waals surface area contributed by atoms with E-state index in [1.165, 1.54) is 25.0 Å². The molecule has 1 rings (SSSR count). The van der Waals surface area contributed by atoms with Crippen LogP contribution in [0.2, 0.25) is 0 Å². The monoisotopic (exact) mass is 286 g/mol. The van der Waals surface area contributed by atoms with Crippen molar-refractivity contribution in [3.05, 3.63) is 0 Å². The van der Waals surface area contributed by atoms with E-state index < -0.39 is 0 Å². The summed E-state index contributed by atoms with van der Waals surface area (Å²) in [5.41, 5.74) is -0.119. The number of rotatable bonds is 6. The predicted octanol–water partition coefficient (Wildman–Crippen LogP) is 2.90. The first-order chi connectivity index (χ1) is 8.81. The van der Waals surface area contributed by atoms with E-state index in [4.69, 9.17) is 0 Å². The van der Waals surface area contributed by atoms with Gasteiger partial charge in [0.15, 0.2) is 0 Å². The molecule has 1 saturated carbocycles. The topological polar surface area (TPSA) is 32.3 Å². The smallest absolute Gasteiger partial charge is 0.221 e. The van der Waals surface area contributed by atoms with Gasteiger partial charge in [-0.05, 0) is 52.8 Å². The quantitative estimate of drug-likeness (QED) is 0.815. The Balaban J connectivity index is 2.25. The fourth-order valence-electron chi connectivity index (χ4n) is 2.65. The molecule has 0 radical (unpaired) electrons. The van der Waals surface area contributed by atoms with Crippen molar-refractivity contribution in [2.45, 2.75) is 70.2 Å². The van der Waals surface area contributed by atoms with Gasteiger partial charge in [0.2, 0.25) is 5.91 Å². The summed E-state index contributed by atoms with van der Waals surface area (Å²) in [5, 5.41) is 3.86. The molecular weight excluding hydrogens is 256 g/mol. The number of hydrogen-bond donors (Lipinski definition) is 1. The second-order valence-corrected chi connectivity index (χ2v) is 8.15. The van der Waals surface area contributed by atoms with E-state index in [0.29, 0.717) is 12.5 Å². The molecule has 0 spiro atoms. The fourth-order valence-corrected chi connectivity index (χ4v) is 3.78. The molecule has 1 aliphatic rings. The van der Waals surface area contributed by atoms with Crippen LogP contribution in [-0.4, -0.2) is 47.0 Å². The molecule has 1 N–H and O–H groups in total. The lowest BCUT2D eigenvalue weighted by Crippen LogP contribution is -2.42. The molecule has 0 bridgehead atoms. The Morgan fingerprint density at radius 3 is 2.63 bits per heavy atom. The van der Waals surface area contributed by atoms with Gasteiger partial charge in [-0.2, -0.15) is 11.8 Å². The zero-order valence-electron chi connectivity index (χ0n) is 13.2. The largest absolute Gasteiger partial charge is 0.351 e. The van der Waals surface area contributed by atoms with Crippen molar-refractivity contribution in [3.63, 3.8) is 0 Å². The zero-order chi connectivity index (χ0) is 14.5. The van der Waals surface area contributed by atoms with E-state index in [1.807, 2.05) is 20.8 Å². The molecule has 0 aromatic carbocycles. The SMILES string of the molecule is CCSC1CCC(N(C)CCC(=O)NC(C)(C)C)C1. The number of hydrogen-bond acceptors (Lipinski definition) is 3. The average Bonchev–Trinajstić information content (AvgIpc) is 2.73. The first kappa shape index (κ1) is 16.8. The Hall–Kier alpha value is -0.220. The van der Waals surface area contributed by atoms with Gasteiger partial charge in [-0.25, -0.2) is 0 Å². The van der Waals surface area contributed by atoms with Crippen molar-refractivity contribution in [1.29, 1.82) is 0 Å². The highest BCUT2D eigenvalue weighted by Crippen LogP contribution is 2.32. The number of carbonyl (C=O) groups excluding carboxylic acids is 1. The second-order valence-electron chi connectivity index (χ2n) is 6.57. The molecule has 0 saturated heterocycles. The number of carbonyl (C=O) groups is 1. The summed E-state index contributed by atoms with van der Waals surface area (Å²) in [7, 11) is 2.16. The summed E-state index contributed by atoms with van der Waals surface area (Å²) in [5.74, 6) is 1.38. The molecule has 112 valence electrons. The lowest BCUT2D eigenvalue weighted by molar-refractivity contribution is -0.122. The summed E-state index contributed by atoms with van der Waals surface area (Å²) in [6, 6.07) is 0.673. The maximum atomic E-state index is 11.8. The van der Waals surface area contributed by atoms with Crippen LogP contribution < -0.4 is 5.32 Å². The molecule has 1 amide bonds. The predicted molar refractivity (Wildman–Crippen MR) is 84.7 cm³/mol. The van der Waals surface area contributed by atoms with Gasteiger partial charge in [-0.15, -0.1) is 0 Å². The number of amides is 1. The van der Waals surface area contributed by atoms with Gasteiger partial charge in [0.05, 0.1) is 0 Å². The average molecular weight is 286 g/mol. The van der Waals surface area contributed by atoms with Gasteiger partial charge in [0, 0.05) is 29.8 Å². The van der Waals surface area contributed by atoms with Crippen LogP contribution in [0.5, 0.6) is 0 Å². The fraction of sp³-hybridized carbons (Fsp3) is 0.933. The second kappa shape index (κ2) is 7.53. The van der Waals surface area contributed by atoms with Crippen molar-refractivity contribution in [1.82, 2.24) is 10.2 Å². The van der Waals surface area contributed by atoms with Gasteiger partial charge >= 0.3 is 0 Å². The molecule has 2 unspecified atom stereocenters. The molecule has 0 aliphatic heterocycles. The molecule has 0 heterocycles. The number of nitrogens with one attached hydrogen (secondary N) is 1. The summed E-state index contributed by atoms with van der Waals surface area (Å²) < 4.78 is 0. The molecule has 19 heavy (non-hydrogen) atoms. The third kappa shape index (κ3) is 6.66. The van der Waals surface area contributed by atoms with Crippen LogP contribution in [-0.2, 0) is 4.79 Å². The van der Waals surface area contributed by atoms with E-state index in [2.05, 4.69) is 35.9 Å². The maximum absolute atomic E-state index is 11.8. The molecule has 0 aromatic rings. The van der Waals surface area contributed by atoms with Gasteiger partial charge < -0.3 is 10.2 Å². The minimum absolute atomic E-state index is 0.119. The third-order valence-electron chi connectivity index (χ3n) is 3.59. The van der Waals surface area contributed by atoms with Crippen LogP contribution >= 0.6 is 11.8 Å². The Bertz CT molecular complexity index is 288. The van der Waals surface area contributed by atoms with Gasteiger partial charge in [-0.1, -0.05) is 6.92 Å². The lowest BCUT2D eigenvalue weighted by atomic mass is 10.1. The van der Waals surface area contributed by atoms with Crippen molar-refractivity contribution >= 4 is 17.7 Å². The maximum Gasteiger partial charge on any atom is 0.221 e. The summed E-state index contributed by atoms with van der Waals surface area (Å²) in [4.78, 5) is 14.2. The standard InChI is InChI=1S/C15H30N2OS/c1-6-19-13-8-7-12(11-13)17(5)10-9-14(18)16-15(2,3)4/h12-13H,6-11H2,1-5H3,(H,16,18). The van der Waals surface area contributed by atoms with Crippen molar-refractivity contribution in [3.8, 4) is 0 Å². The molecule has 4 heteroatoms. The Morgan fingerprint density at radius 2 is 2.05 bits per heavy atom. The molecule has 1 fully saturated rings. The molecule has 2 atom stereocenters. The van der Waals surface area contributed by atoms with E-state index >= 15 is 0 Å². The van der Waals surface area contributed by atoms with E-state index in [0.717, 1.165) is 11.8 Å². The molecule has 1 aliphatic carbocycles. The molecule has 3 nitrogen and oxygen atoms in total. The van der Waals surface area contributed by atoms with Crippen molar-refractivity contribution in [2.24, 2.45) is 0 Å². The highest BCUT2D eigenvalue weighted by atomic mass is 32.2. The van der Waals surface area contributed by atoms with Crippen LogP contribution in [0.15, 0.2) is 0 Å². The number of nitrogens with zero attached hydrogens (tertiary/aromatic N) is 1. The van der Waals surface area contributed by atoms with Crippen LogP contribution in [0.25, 0.3) is 0 Å². The van der Waals surface area contributed by atoms with Gasteiger partial charge in [-0.3, -0.25) is 4.79 Å². The summed E-state index contributed by atoms with van der Waals surface area (Å²) >= 11 is 2.09. The highest BCUT2D eigenvalue weighted by molar-refractivity contribution is 7.99. The number of thioether (sulfide) groups is 1. The van der Waals surface area contributed by atoms with E-state index in [9.17, 15) is 4.79 Å². The van der Waals surface area contributed by atoms with E-state index in [1.54, 1.807) is 0 Å². The van der Waals surface area contributed by atoms with Crippen molar-refractivity contribution in [2.75, 3.05) is 19.3 Å². The normalized spacial score (nSPS) is 23.9. The minimum atomic E-state index is -0.119. The lowest BCUT2D eigenvalue weighted by Gasteiger charge is -2.25. The summed E-state index contributed by atoms with van der Waals surface area (Å²) in [6.45, 7) is 9.18. The first-order valence-corrected chi connectivity index (χ1v) is 8.49. The minimum Gasteiger partial charge on any atom is -0.351 e. The Labute approximate surface area is 122 Å². The van der Waals surface area contributed by atoms with Gasteiger partial charge in [0.1, 0.15) is 0 Å². The van der Waals surface area contributed by atoms with Crippen LogP contribution in [0, 0.1) is 0 Å². The first-order valence-electron chi connectivity index (χ1n) is 7.44. The Morgan fingerprint density at radius 1 is 1.37 bits per heavy atom. The molecule has 0 aromatic heterocycles.